The van der Waals surface area contributed by atoms with E-state index >= 15 is 0 Å². The first kappa shape index (κ1) is 17.8. The van der Waals surface area contributed by atoms with Gasteiger partial charge in [-0.15, -0.1) is 0 Å². The Labute approximate surface area is 141 Å². The van der Waals surface area contributed by atoms with E-state index in [4.69, 9.17) is 14.2 Å². The Kier molecular flexibility index (Phi) is 6.18. The predicted octanol–water partition coefficient (Wildman–Crippen LogP) is 3.99. The lowest BCUT2D eigenvalue weighted by molar-refractivity contribution is -0.139. The number of esters is 1. The average Bonchev–Trinajstić information content (AvgIpc) is 2.73. The Hall–Kier alpha value is -2.56. The molecule has 0 atom stereocenters. The number of methoxy groups -OCH3 is 1. The summed E-state index contributed by atoms with van der Waals surface area (Å²) in [7, 11) is 1.37. The second-order valence-electron chi connectivity index (χ2n) is 5.39. The van der Waals surface area contributed by atoms with Crippen molar-refractivity contribution in [3.05, 3.63) is 41.5 Å². The summed E-state index contributed by atoms with van der Waals surface area (Å²) in [6, 6.07) is 9.43. The van der Waals surface area contributed by atoms with Crippen LogP contribution < -0.4 is 4.74 Å². The molecule has 0 saturated carbocycles. The minimum Gasteiger partial charge on any atom is -0.469 e. The topological polar surface area (TPSA) is 61.8 Å². The minimum absolute atomic E-state index is 0.199. The van der Waals surface area contributed by atoms with Crippen molar-refractivity contribution in [1.82, 2.24) is 0 Å². The molecule has 0 aromatic heterocycles. The molecular weight excluding hydrogens is 308 g/mol. The van der Waals surface area contributed by atoms with Crippen LogP contribution in [0, 0.1) is 0 Å². The van der Waals surface area contributed by atoms with Gasteiger partial charge in [0.15, 0.2) is 0 Å². The summed E-state index contributed by atoms with van der Waals surface area (Å²) in [5, 5.41) is 0. The van der Waals surface area contributed by atoms with Gasteiger partial charge in [0.2, 0.25) is 0 Å². The average molecular weight is 330 g/mol. The van der Waals surface area contributed by atoms with Crippen molar-refractivity contribution in [2.75, 3.05) is 13.7 Å². The minimum atomic E-state index is -0.714. The standard InChI is InChI=1S/C19H22O5/c1-4-6-14-12-17(24-19(21)23-5-2)16-10-8-13(7-9-15(14)16)11-18(20)22-3/h7-10,12H,4-6,11H2,1-3H3. The summed E-state index contributed by atoms with van der Waals surface area (Å²) in [5.74, 6) is 0.185. The monoisotopic (exact) mass is 330 g/mol. The van der Waals surface area contributed by atoms with Gasteiger partial charge in [0.1, 0.15) is 5.75 Å². The number of ether oxygens (including phenoxy) is 3. The largest absolute Gasteiger partial charge is 0.513 e. The van der Waals surface area contributed by atoms with Gasteiger partial charge in [-0.3, -0.25) is 4.79 Å². The number of hydrogen-bond donors (Lipinski definition) is 0. The molecule has 5 nitrogen and oxygen atoms in total. The Bertz CT molecular complexity index is 692. The molecule has 0 N–H and O–H groups in total. The number of carbonyl (C=O) groups is 2. The zero-order valence-corrected chi connectivity index (χ0v) is 14.3. The van der Waals surface area contributed by atoms with Gasteiger partial charge in [0, 0.05) is 5.56 Å². The Morgan fingerprint density at radius 1 is 1.04 bits per heavy atom. The van der Waals surface area contributed by atoms with Crippen LogP contribution in [0.25, 0.3) is 11.1 Å². The maximum absolute atomic E-state index is 11.6. The van der Waals surface area contributed by atoms with E-state index in [1.807, 2.05) is 30.3 Å². The van der Waals surface area contributed by atoms with E-state index in [1.165, 1.54) is 7.11 Å². The fourth-order valence-electron chi connectivity index (χ4n) is 2.58. The Morgan fingerprint density at radius 3 is 2.38 bits per heavy atom. The van der Waals surface area contributed by atoms with Gasteiger partial charge < -0.3 is 14.2 Å². The van der Waals surface area contributed by atoms with E-state index < -0.39 is 6.16 Å². The zero-order chi connectivity index (χ0) is 17.5. The number of fused-ring (bicyclic) bond motifs is 1. The van der Waals surface area contributed by atoms with Crippen LogP contribution >= 0.6 is 0 Å². The Balaban J connectivity index is 2.40. The van der Waals surface area contributed by atoms with Crippen molar-refractivity contribution < 1.29 is 23.8 Å². The first-order valence-corrected chi connectivity index (χ1v) is 8.05. The van der Waals surface area contributed by atoms with Crippen molar-refractivity contribution in [1.29, 1.82) is 0 Å². The summed E-state index contributed by atoms with van der Waals surface area (Å²) >= 11 is 0. The van der Waals surface area contributed by atoms with Crippen molar-refractivity contribution in [2.24, 2.45) is 0 Å². The molecule has 0 spiro atoms. The van der Waals surface area contributed by atoms with Crippen LogP contribution in [-0.4, -0.2) is 25.8 Å². The van der Waals surface area contributed by atoms with Crippen molar-refractivity contribution in [3.63, 3.8) is 0 Å². The SMILES string of the molecule is CCCc1cc(OC(=O)OCC)c2ccc(CC(=O)OC)ccc1-2. The van der Waals surface area contributed by atoms with Crippen molar-refractivity contribution in [3.8, 4) is 16.9 Å². The fraction of sp³-hybridized carbons (Fsp3) is 0.368. The molecule has 2 rings (SSSR count). The highest BCUT2D eigenvalue weighted by atomic mass is 16.7. The van der Waals surface area contributed by atoms with Crippen LogP contribution in [0.3, 0.4) is 0 Å². The van der Waals surface area contributed by atoms with Gasteiger partial charge in [-0.1, -0.05) is 37.6 Å². The molecule has 2 aliphatic rings. The lowest BCUT2D eigenvalue weighted by Gasteiger charge is -2.03. The van der Waals surface area contributed by atoms with E-state index in [0.717, 1.165) is 35.1 Å². The van der Waals surface area contributed by atoms with E-state index in [1.54, 1.807) is 6.92 Å². The molecule has 0 radical (unpaired) electrons. The molecule has 0 aromatic rings. The molecule has 0 bridgehead atoms. The summed E-state index contributed by atoms with van der Waals surface area (Å²) in [4.78, 5) is 23.1. The van der Waals surface area contributed by atoms with Gasteiger partial charge >= 0.3 is 12.1 Å². The third-order valence-electron chi connectivity index (χ3n) is 3.69. The number of hydrogen-bond acceptors (Lipinski definition) is 5. The third kappa shape index (κ3) is 4.25. The molecule has 0 amide bonds. The fourth-order valence-corrected chi connectivity index (χ4v) is 2.58. The summed E-state index contributed by atoms with van der Waals surface area (Å²) in [6.45, 7) is 4.08. The van der Waals surface area contributed by atoms with Crippen LogP contribution in [0.2, 0.25) is 0 Å². The highest BCUT2D eigenvalue weighted by Gasteiger charge is 2.19. The second-order valence-corrected chi connectivity index (χ2v) is 5.39. The van der Waals surface area contributed by atoms with Crippen LogP contribution in [0.5, 0.6) is 5.75 Å². The van der Waals surface area contributed by atoms with E-state index in [-0.39, 0.29) is 19.0 Å². The van der Waals surface area contributed by atoms with Crippen LogP contribution in [0.4, 0.5) is 4.79 Å². The molecule has 0 fully saturated rings. The molecule has 5 heteroatoms. The molecule has 24 heavy (non-hydrogen) atoms. The predicted molar refractivity (Wildman–Crippen MR) is 90.4 cm³/mol. The maximum Gasteiger partial charge on any atom is 0.513 e. The maximum atomic E-state index is 11.6. The van der Waals surface area contributed by atoms with Crippen LogP contribution in [-0.2, 0) is 27.1 Å². The summed E-state index contributed by atoms with van der Waals surface area (Å²) in [5.41, 5.74) is 3.77. The highest BCUT2D eigenvalue weighted by Crippen LogP contribution is 2.38. The van der Waals surface area contributed by atoms with Crippen molar-refractivity contribution >= 4 is 12.1 Å². The number of carbonyl (C=O) groups excluding carboxylic acids is 2. The first-order valence-electron chi connectivity index (χ1n) is 8.05. The normalized spacial score (nSPS) is 10.5. The summed E-state index contributed by atoms with van der Waals surface area (Å²) in [6.07, 6.45) is 1.34. The highest BCUT2D eigenvalue weighted by molar-refractivity contribution is 5.81. The van der Waals surface area contributed by atoms with Crippen molar-refractivity contribution in [2.45, 2.75) is 33.1 Å². The van der Waals surface area contributed by atoms with Gasteiger partial charge in [0.05, 0.1) is 20.1 Å². The van der Waals surface area contributed by atoms with Crippen LogP contribution in [0.1, 0.15) is 31.4 Å². The molecule has 0 unspecified atom stereocenters. The second kappa shape index (κ2) is 8.34. The van der Waals surface area contributed by atoms with Gasteiger partial charge in [0.25, 0.3) is 0 Å². The smallest absolute Gasteiger partial charge is 0.469 e. The molecule has 0 aromatic carbocycles. The lowest BCUT2D eigenvalue weighted by Crippen LogP contribution is -2.09. The van der Waals surface area contributed by atoms with Gasteiger partial charge in [-0.05, 0) is 36.1 Å². The molecule has 0 heterocycles. The quantitative estimate of drug-likeness (QED) is 0.749. The number of aryl methyl sites for hydroxylation is 1. The molecule has 2 aliphatic carbocycles. The van der Waals surface area contributed by atoms with E-state index in [2.05, 4.69) is 6.92 Å². The Morgan fingerprint density at radius 2 is 1.75 bits per heavy atom. The van der Waals surface area contributed by atoms with Crippen LogP contribution in [0.15, 0.2) is 30.3 Å². The lowest BCUT2D eigenvalue weighted by atomic mass is 10.1. The van der Waals surface area contributed by atoms with E-state index in [9.17, 15) is 9.59 Å². The molecule has 128 valence electrons. The van der Waals surface area contributed by atoms with Gasteiger partial charge in [-0.2, -0.15) is 0 Å². The first-order chi connectivity index (χ1) is 11.6. The van der Waals surface area contributed by atoms with Gasteiger partial charge in [-0.25, -0.2) is 4.79 Å². The molecular formula is C19H22O5. The van der Waals surface area contributed by atoms with E-state index in [0.29, 0.717) is 5.75 Å². The molecule has 0 saturated heterocycles. The number of rotatable bonds is 6. The zero-order valence-electron chi connectivity index (χ0n) is 14.3. The summed E-state index contributed by atoms with van der Waals surface area (Å²) < 4.78 is 14.9. The molecule has 0 aliphatic heterocycles. The third-order valence-corrected chi connectivity index (χ3v) is 3.69.